The van der Waals surface area contributed by atoms with Crippen LogP contribution in [0.1, 0.15) is 16.5 Å². The van der Waals surface area contributed by atoms with E-state index >= 15 is 0 Å². The van der Waals surface area contributed by atoms with Crippen molar-refractivity contribution in [3.05, 3.63) is 96.1 Å². The van der Waals surface area contributed by atoms with Crippen LogP contribution < -0.4 is 4.74 Å². The van der Waals surface area contributed by atoms with Gasteiger partial charge < -0.3 is 14.7 Å². The first-order valence-corrected chi connectivity index (χ1v) is 12.3. The van der Waals surface area contributed by atoms with E-state index in [0.29, 0.717) is 12.4 Å². The second-order valence-corrected chi connectivity index (χ2v) is 9.45. The number of carbonyl (C=O) groups excluding carboxylic acids is 1. The second-order valence-electron chi connectivity index (χ2n) is 7.29. The van der Waals surface area contributed by atoms with Crippen molar-refractivity contribution >= 4 is 35.4 Å². The Balaban J connectivity index is 1.44. The van der Waals surface area contributed by atoms with Gasteiger partial charge in [0.05, 0.1) is 5.75 Å². The first-order valence-electron chi connectivity index (χ1n) is 10.2. The third kappa shape index (κ3) is 5.47. The standard InChI is InChI=1S/C25H23NO4S2/c27-23(17-31-21-9-5-2-6-10-21)26-22(25(28)29)16-32-24(26)19-11-13-20(14-12-19)30-15-18-7-3-1-4-8-18/h1-14,22,24H,15-17H2,(H,28,29). The molecule has 0 radical (unpaired) electrons. The monoisotopic (exact) mass is 465 g/mol. The first kappa shape index (κ1) is 22.3. The highest BCUT2D eigenvalue weighted by Crippen LogP contribution is 2.42. The molecule has 1 saturated heterocycles. The van der Waals surface area contributed by atoms with Crippen LogP contribution in [0.5, 0.6) is 5.75 Å². The lowest BCUT2D eigenvalue weighted by molar-refractivity contribution is -0.148. The van der Waals surface area contributed by atoms with Crippen LogP contribution in [-0.2, 0) is 16.2 Å². The topological polar surface area (TPSA) is 66.8 Å². The van der Waals surface area contributed by atoms with Crippen LogP contribution in [0.3, 0.4) is 0 Å². The van der Waals surface area contributed by atoms with Gasteiger partial charge in [0.25, 0.3) is 0 Å². The maximum absolute atomic E-state index is 13.0. The molecule has 0 bridgehead atoms. The minimum absolute atomic E-state index is 0.175. The molecular formula is C25H23NO4S2. The van der Waals surface area contributed by atoms with Gasteiger partial charge in [0.1, 0.15) is 23.8 Å². The van der Waals surface area contributed by atoms with Gasteiger partial charge in [-0.25, -0.2) is 4.79 Å². The molecule has 5 nitrogen and oxygen atoms in total. The summed E-state index contributed by atoms with van der Waals surface area (Å²) >= 11 is 2.90. The van der Waals surface area contributed by atoms with Crippen LogP contribution >= 0.6 is 23.5 Å². The summed E-state index contributed by atoms with van der Waals surface area (Å²) < 4.78 is 5.85. The molecule has 3 aromatic carbocycles. The third-order valence-electron chi connectivity index (χ3n) is 5.09. The Kier molecular flexibility index (Phi) is 7.39. The molecule has 0 spiro atoms. The predicted molar refractivity (Wildman–Crippen MR) is 128 cm³/mol. The molecule has 32 heavy (non-hydrogen) atoms. The van der Waals surface area contributed by atoms with Crippen molar-refractivity contribution in [3.8, 4) is 5.75 Å². The number of aliphatic carboxylic acids is 1. The van der Waals surface area contributed by atoms with Gasteiger partial charge in [0, 0.05) is 10.6 Å². The van der Waals surface area contributed by atoms with Crippen molar-refractivity contribution in [2.24, 2.45) is 0 Å². The number of hydrogen-bond acceptors (Lipinski definition) is 5. The van der Waals surface area contributed by atoms with Crippen molar-refractivity contribution in [2.75, 3.05) is 11.5 Å². The summed E-state index contributed by atoms with van der Waals surface area (Å²) in [6, 6.07) is 26.3. The van der Waals surface area contributed by atoms with Gasteiger partial charge >= 0.3 is 5.97 Å². The molecule has 1 fully saturated rings. The van der Waals surface area contributed by atoms with Gasteiger partial charge in [-0.1, -0.05) is 60.7 Å². The molecule has 3 aromatic rings. The summed E-state index contributed by atoms with van der Waals surface area (Å²) in [6.07, 6.45) is 0. The average Bonchev–Trinajstić information content (AvgIpc) is 3.29. The lowest BCUT2D eigenvalue weighted by Gasteiger charge is -2.27. The van der Waals surface area contributed by atoms with Crippen LogP contribution in [0.15, 0.2) is 89.8 Å². The van der Waals surface area contributed by atoms with E-state index in [1.54, 1.807) is 0 Å². The van der Waals surface area contributed by atoms with E-state index in [2.05, 4.69) is 0 Å². The zero-order valence-electron chi connectivity index (χ0n) is 17.3. The number of ether oxygens (including phenoxy) is 1. The Morgan fingerprint density at radius 3 is 2.28 bits per heavy atom. The second kappa shape index (κ2) is 10.6. The molecule has 1 aliphatic rings. The highest BCUT2D eigenvalue weighted by atomic mass is 32.2. The number of benzene rings is 3. The maximum atomic E-state index is 13.0. The summed E-state index contributed by atoms with van der Waals surface area (Å²) in [5, 5.41) is 9.34. The fourth-order valence-electron chi connectivity index (χ4n) is 3.46. The minimum atomic E-state index is -0.971. The summed E-state index contributed by atoms with van der Waals surface area (Å²) in [5.41, 5.74) is 1.98. The van der Waals surface area contributed by atoms with E-state index in [1.165, 1.54) is 28.4 Å². The van der Waals surface area contributed by atoms with Crippen LogP contribution in [0, 0.1) is 0 Å². The van der Waals surface area contributed by atoms with Crippen molar-refractivity contribution in [3.63, 3.8) is 0 Å². The molecule has 0 aliphatic carbocycles. The van der Waals surface area contributed by atoms with Crippen LogP contribution in [0.2, 0.25) is 0 Å². The molecule has 0 saturated carbocycles. The predicted octanol–water partition coefficient (Wildman–Crippen LogP) is 5.09. The number of rotatable bonds is 8. The summed E-state index contributed by atoms with van der Waals surface area (Å²) in [5.74, 6) is 0.149. The number of hydrogen-bond donors (Lipinski definition) is 1. The molecule has 2 atom stereocenters. The minimum Gasteiger partial charge on any atom is -0.489 e. The van der Waals surface area contributed by atoms with Crippen LogP contribution in [0.4, 0.5) is 0 Å². The Labute approximate surface area is 195 Å². The molecule has 7 heteroatoms. The number of thioether (sulfide) groups is 2. The summed E-state index contributed by atoms with van der Waals surface area (Å²) in [7, 11) is 0. The number of carbonyl (C=O) groups is 2. The van der Waals surface area contributed by atoms with E-state index in [1.807, 2.05) is 84.9 Å². The van der Waals surface area contributed by atoms with Crippen molar-refractivity contribution in [2.45, 2.75) is 22.9 Å². The van der Waals surface area contributed by atoms with E-state index in [-0.39, 0.29) is 17.0 Å². The van der Waals surface area contributed by atoms with Crippen molar-refractivity contribution in [1.82, 2.24) is 4.90 Å². The van der Waals surface area contributed by atoms with Gasteiger partial charge in [-0.3, -0.25) is 4.79 Å². The number of amides is 1. The third-order valence-corrected chi connectivity index (χ3v) is 7.41. The molecule has 1 N–H and O–H groups in total. The molecule has 1 heterocycles. The molecule has 2 unspecified atom stereocenters. The highest BCUT2D eigenvalue weighted by molar-refractivity contribution is 8.00. The van der Waals surface area contributed by atoms with Gasteiger partial charge in [-0.15, -0.1) is 23.5 Å². The maximum Gasteiger partial charge on any atom is 0.327 e. The molecular weight excluding hydrogens is 442 g/mol. The molecule has 1 amide bonds. The van der Waals surface area contributed by atoms with E-state index in [9.17, 15) is 14.7 Å². The van der Waals surface area contributed by atoms with Crippen LogP contribution in [0.25, 0.3) is 0 Å². The fourth-order valence-corrected chi connectivity index (χ4v) is 5.70. The normalized spacial score (nSPS) is 17.8. The van der Waals surface area contributed by atoms with Crippen molar-refractivity contribution in [1.29, 1.82) is 0 Å². The number of carboxylic acid groups (broad SMARTS) is 1. The largest absolute Gasteiger partial charge is 0.489 e. The Bertz CT molecular complexity index is 1040. The molecule has 164 valence electrons. The SMILES string of the molecule is O=C(O)C1CSC(c2ccc(OCc3ccccc3)cc2)N1C(=O)CSc1ccccc1. The molecule has 1 aliphatic heterocycles. The van der Waals surface area contributed by atoms with E-state index < -0.39 is 12.0 Å². The fraction of sp³-hybridized carbons (Fsp3) is 0.200. The number of carboxylic acids is 1. The van der Waals surface area contributed by atoms with Crippen LogP contribution in [-0.4, -0.2) is 39.4 Å². The van der Waals surface area contributed by atoms with Gasteiger partial charge in [0.15, 0.2) is 0 Å². The van der Waals surface area contributed by atoms with E-state index in [4.69, 9.17) is 4.74 Å². The quantitative estimate of drug-likeness (QED) is 0.468. The average molecular weight is 466 g/mol. The molecule has 0 aromatic heterocycles. The lowest BCUT2D eigenvalue weighted by Crippen LogP contribution is -2.43. The highest BCUT2D eigenvalue weighted by Gasteiger charge is 2.42. The molecule has 4 rings (SSSR count). The lowest BCUT2D eigenvalue weighted by atomic mass is 10.1. The summed E-state index contributed by atoms with van der Waals surface area (Å²) in [4.78, 5) is 27.4. The summed E-state index contributed by atoms with van der Waals surface area (Å²) in [6.45, 7) is 0.473. The smallest absolute Gasteiger partial charge is 0.327 e. The van der Waals surface area contributed by atoms with Gasteiger partial charge in [-0.05, 0) is 35.4 Å². The Morgan fingerprint density at radius 1 is 0.969 bits per heavy atom. The zero-order valence-corrected chi connectivity index (χ0v) is 18.9. The Hall–Kier alpha value is -2.90. The van der Waals surface area contributed by atoms with Gasteiger partial charge in [0.2, 0.25) is 5.91 Å². The number of nitrogens with zero attached hydrogens (tertiary/aromatic N) is 1. The Morgan fingerprint density at radius 2 is 1.62 bits per heavy atom. The van der Waals surface area contributed by atoms with Gasteiger partial charge in [-0.2, -0.15) is 0 Å². The zero-order chi connectivity index (χ0) is 22.3. The first-order chi connectivity index (χ1) is 15.6. The van der Waals surface area contributed by atoms with E-state index in [0.717, 1.165) is 21.8 Å². The van der Waals surface area contributed by atoms with Crippen molar-refractivity contribution < 1.29 is 19.4 Å².